The number of aromatic nitrogens is 2. The Kier molecular flexibility index (Phi) is 6.82. The van der Waals surface area contributed by atoms with Crippen molar-refractivity contribution in [1.82, 2.24) is 15.1 Å². The molecule has 4 rings (SSSR count). The second-order valence-corrected chi connectivity index (χ2v) is 11.2. The first-order valence-corrected chi connectivity index (χ1v) is 13.8. The Hall–Kier alpha value is -2.43. The summed E-state index contributed by atoms with van der Waals surface area (Å²) in [6, 6.07) is 14.1. The van der Waals surface area contributed by atoms with E-state index < -0.39 is 10.0 Å². The van der Waals surface area contributed by atoms with Crippen LogP contribution in [0.2, 0.25) is 0 Å². The summed E-state index contributed by atoms with van der Waals surface area (Å²) in [5.41, 5.74) is 1.28. The molecule has 168 valence electrons. The molecule has 2 aromatic carbocycles. The van der Waals surface area contributed by atoms with E-state index in [1.807, 2.05) is 41.5 Å². The number of nitrogens with zero attached hydrogens (tertiary/aromatic N) is 3. The molecule has 1 saturated heterocycles. The summed E-state index contributed by atoms with van der Waals surface area (Å²) in [6.45, 7) is 3.57. The molecule has 10 heteroatoms. The molecule has 1 fully saturated rings. The lowest BCUT2D eigenvalue weighted by atomic mass is 9.98. The molecule has 0 unspecified atom stereocenters. The molecule has 0 bridgehead atoms. The van der Waals surface area contributed by atoms with Crippen molar-refractivity contribution in [3.8, 4) is 10.6 Å². The lowest BCUT2D eigenvalue weighted by Crippen LogP contribution is -2.38. The smallest absolute Gasteiger partial charge is 0.263 e. The molecule has 0 spiro atoms. The van der Waals surface area contributed by atoms with E-state index in [2.05, 4.69) is 21.8 Å². The van der Waals surface area contributed by atoms with Gasteiger partial charge in [0.2, 0.25) is 5.13 Å². The predicted molar refractivity (Wildman–Crippen MR) is 129 cm³/mol. The number of amides is 1. The van der Waals surface area contributed by atoms with E-state index in [9.17, 15) is 13.2 Å². The van der Waals surface area contributed by atoms with Gasteiger partial charge < -0.3 is 4.90 Å². The van der Waals surface area contributed by atoms with Gasteiger partial charge in [0.1, 0.15) is 5.01 Å². The molecule has 1 aromatic heterocycles. The number of likely N-dealkylation sites (tertiary alicyclic amines) is 1. The summed E-state index contributed by atoms with van der Waals surface area (Å²) in [5.74, 6) is 0.475. The minimum Gasteiger partial charge on any atom is -0.339 e. The SMILES string of the molecule is CSc1ccc(S(=O)(=O)Nc2nnc(-c3ccccc3)s2)cc1C(=O)N1CCC(C)CC1. The van der Waals surface area contributed by atoms with Crippen LogP contribution in [-0.4, -0.2) is 48.8 Å². The summed E-state index contributed by atoms with van der Waals surface area (Å²) in [7, 11) is -3.92. The number of carbonyl (C=O) groups is 1. The molecular weight excluding hydrogens is 464 g/mol. The molecule has 1 aliphatic rings. The fourth-order valence-corrected chi connectivity index (χ4v) is 6.11. The van der Waals surface area contributed by atoms with Gasteiger partial charge in [0.05, 0.1) is 10.5 Å². The van der Waals surface area contributed by atoms with Gasteiger partial charge in [-0.1, -0.05) is 48.6 Å². The van der Waals surface area contributed by atoms with Gasteiger partial charge in [-0.3, -0.25) is 9.52 Å². The molecule has 2 heterocycles. The first kappa shape index (κ1) is 22.8. The number of sulfonamides is 1. The maximum Gasteiger partial charge on any atom is 0.263 e. The lowest BCUT2D eigenvalue weighted by Gasteiger charge is -2.30. The van der Waals surface area contributed by atoms with Crippen molar-refractivity contribution in [2.45, 2.75) is 29.6 Å². The van der Waals surface area contributed by atoms with Crippen LogP contribution in [0.4, 0.5) is 5.13 Å². The van der Waals surface area contributed by atoms with E-state index in [1.165, 1.54) is 23.9 Å². The van der Waals surface area contributed by atoms with Crippen molar-refractivity contribution in [2.75, 3.05) is 24.1 Å². The first-order chi connectivity index (χ1) is 15.4. The third kappa shape index (κ3) is 4.97. The van der Waals surface area contributed by atoms with Crippen LogP contribution in [0.5, 0.6) is 0 Å². The Labute approximate surface area is 196 Å². The van der Waals surface area contributed by atoms with E-state index >= 15 is 0 Å². The number of hydrogen-bond donors (Lipinski definition) is 1. The van der Waals surface area contributed by atoms with Crippen LogP contribution in [0.3, 0.4) is 0 Å². The molecule has 32 heavy (non-hydrogen) atoms. The van der Waals surface area contributed by atoms with E-state index in [0.29, 0.717) is 29.6 Å². The summed E-state index contributed by atoms with van der Waals surface area (Å²) >= 11 is 2.59. The van der Waals surface area contributed by atoms with Crippen molar-refractivity contribution >= 4 is 44.2 Å². The Morgan fingerprint density at radius 2 is 1.84 bits per heavy atom. The second-order valence-electron chi connectivity index (χ2n) is 7.72. The molecule has 0 aliphatic carbocycles. The van der Waals surface area contributed by atoms with Crippen LogP contribution >= 0.6 is 23.1 Å². The van der Waals surface area contributed by atoms with Crippen LogP contribution in [0.25, 0.3) is 10.6 Å². The van der Waals surface area contributed by atoms with Gasteiger partial charge in [0.25, 0.3) is 15.9 Å². The van der Waals surface area contributed by atoms with Crippen LogP contribution in [0, 0.1) is 5.92 Å². The summed E-state index contributed by atoms with van der Waals surface area (Å²) in [5, 5.41) is 8.85. The number of thioether (sulfide) groups is 1. The highest BCUT2D eigenvalue weighted by Crippen LogP contribution is 2.30. The molecule has 0 radical (unpaired) electrons. The monoisotopic (exact) mass is 488 g/mol. The quantitative estimate of drug-likeness (QED) is 0.510. The number of nitrogens with one attached hydrogen (secondary N) is 1. The molecule has 7 nitrogen and oxygen atoms in total. The normalized spacial score (nSPS) is 15.0. The Balaban J connectivity index is 1.58. The van der Waals surface area contributed by atoms with Gasteiger partial charge in [-0.15, -0.1) is 22.0 Å². The predicted octanol–water partition coefficient (Wildman–Crippen LogP) is 4.60. The third-order valence-corrected chi connectivity index (χ3v) is 8.60. The topological polar surface area (TPSA) is 92.3 Å². The van der Waals surface area contributed by atoms with Gasteiger partial charge in [-0.05, 0) is 43.2 Å². The van der Waals surface area contributed by atoms with E-state index in [0.717, 1.165) is 34.6 Å². The number of carbonyl (C=O) groups excluding carboxylic acids is 1. The molecule has 1 aliphatic heterocycles. The zero-order valence-electron chi connectivity index (χ0n) is 17.8. The summed E-state index contributed by atoms with van der Waals surface area (Å²) < 4.78 is 28.6. The Morgan fingerprint density at radius 3 is 2.53 bits per heavy atom. The zero-order chi connectivity index (χ0) is 22.7. The van der Waals surface area contributed by atoms with Crippen molar-refractivity contribution < 1.29 is 13.2 Å². The third-order valence-electron chi connectivity index (χ3n) is 5.45. The van der Waals surface area contributed by atoms with Crippen LogP contribution < -0.4 is 4.72 Å². The fourth-order valence-electron chi connectivity index (χ4n) is 3.54. The number of benzene rings is 2. The van der Waals surface area contributed by atoms with E-state index in [4.69, 9.17) is 0 Å². The van der Waals surface area contributed by atoms with Crippen LogP contribution in [0.1, 0.15) is 30.1 Å². The average molecular weight is 489 g/mol. The van der Waals surface area contributed by atoms with Gasteiger partial charge in [-0.2, -0.15) is 0 Å². The molecule has 0 atom stereocenters. The Morgan fingerprint density at radius 1 is 1.12 bits per heavy atom. The standard InChI is InChI=1S/C22H24N4O3S3/c1-15-10-12-26(13-11-15)21(27)18-14-17(8-9-19(18)30-2)32(28,29)25-22-24-23-20(31-22)16-6-4-3-5-7-16/h3-9,14-15H,10-13H2,1-2H3,(H,24,25). The van der Waals surface area contributed by atoms with E-state index in [-0.39, 0.29) is 15.9 Å². The number of rotatable bonds is 6. The summed E-state index contributed by atoms with van der Waals surface area (Å²) in [4.78, 5) is 15.8. The number of piperidine rings is 1. The van der Waals surface area contributed by atoms with Gasteiger partial charge in [0, 0.05) is 23.5 Å². The lowest BCUT2D eigenvalue weighted by molar-refractivity contribution is 0.0693. The molecule has 1 amide bonds. The second kappa shape index (κ2) is 9.60. The van der Waals surface area contributed by atoms with Gasteiger partial charge in [0.15, 0.2) is 0 Å². The zero-order valence-corrected chi connectivity index (χ0v) is 20.3. The highest BCUT2D eigenvalue weighted by molar-refractivity contribution is 7.98. The molecule has 3 aromatic rings. The maximum atomic E-state index is 13.2. The molecule has 0 saturated carbocycles. The first-order valence-electron chi connectivity index (χ1n) is 10.3. The minimum atomic E-state index is -3.92. The molecule has 1 N–H and O–H groups in total. The van der Waals surface area contributed by atoms with Crippen molar-refractivity contribution in [3.05, 3.63) is 54.1 Å². The van der Waals surface area contributed by atoms with Gasteiger partial charge in [-0.25, -0.2) is 8.42 Å². The summed E-state index contributed by atoms with van der Waals surface area (Å²) in [6.07, 6.45) is 3.80. The van der Waals surface area contributed by atoms with Crippen LogP contribution in [-0.2, 0) is 10.0 Å². The largest absolute Gasteiger partial charge is 0.339 e. The fraction of sp³-hybridized carbons (Fsp3) is 0.318. The van der Waals surface area contributed by atoms with Crippen LogP contribution in [0.15, 0.2) is 58.3 Å². The number of hydrogen-bond acceptors (Lipinski definition) is 7. The van der Waals surface area contributed by atoms with Crippen molar-refractivity contribution in [2.24, 2.45) is 5.92 Å². The minimum absolute atomic E-state index is 0.0282. The van der Waals surface area contributed by atoms with Gasteiger partial charge >= 0.3 is 0 Å². The average Bonchev–Trinajstić information content (AvgIpc) is 3.27. The van der Waals surface area contributed by atoms with E-state index in [1.54, 1.807) is 6.07 Å². The Bertz CT molecular complexity index is 1200. The number of anilines is 1. The highest BCUT2D eigenvalue weighted by atomic mass is 32.2. The highest BCUT2D eigenvalue weighted by Gasteiger charge is 2.26. The van der Waals surface area contributed by atoms with Crippen molar-refractivity contribution in [1.29, 1.82) is 0 Å². The molecular formula is C22H24N4O3S3. The maximum absolute atomic E-state index is 13.2. The van der Waals surface area contributed by atoms with Crippen molar-refractivity contribution in [3.63, 3.8) is 0 Å².